The number of nitrogens with zero attached hydrogens (tertiary/aromatic N) is 3. The minimum absolute atomic E-state index is 0.0956. The summed E-state index contributed by atoms with van der Waals surface area (Å²) in [5.74, 6) is 5.90. The molecule has 0 spiro atoms. The Kier molecular flexibility index (Phi) is 3.78. The third-order valence-electron chi connectivity index (χ3n) is 2.34. The molecule has 0 saturated carbocycles. The maximum Gasteiger partial charge on any atom is 0.241 e. The Morgan fingerprint density at radius 1 is 1.37 bits per heavy atom. The lowest BCUT2D eigenvalue weighted by Gasteiger charge is -2.07. The van der Waals surface area contributed by atoms with E-state index in [1.165, 1.54) is 0 Å². The van der Waals surface area contributed by atoms with Gasteiger partial charge in [-0.25, -0.2) is 19.4 Å². The third-order valence-corrected chi connectivity index (χ3v) is 3.19. The van der Waals surface area contributed by atoms with Gasteiger partial charge < -0.3 is 5.32 Å². The molecular formula is C8H14N8O2S. The molecule has 0 aliphatic heterocycles. The van der Waals surface area contributed by atoms with Crippen LogP contribution in [0.5, 0.6) is 0 Å². The summed E-state index contributed by atoms with van der Waals surface area (Å²) >= 11 is 0. The van der Waals surface area contributed by atoms with Crippen molar-refractivity contribution in [3.8, 4) is 0 Å². The molecule has 0 radical (unpaired) electrons. The van der Waals surface area contributed by atoms with Crippen LogP contribution in [0.25, 0.3) is 11.0 Å². The standard InChI is InChI=1S/C8H14N8O2S/c9-15-8-13-6(5-4-12-16-7(5)14-8)11-2-1-3-19(10,17)18/h4H,1-3,9H2,(H2,10,17,18)(H3,11,12,13,14,15,16). The second kappa shape index (κ2) is 5.34. The van der Waals surface area contributed by atoms with Crippen molar-refractivity contribution in [2.75, 3.05) is 23.0 Å². The van der Waals surface area contributed by atoms with E-state index in [0.717, 1.165) is 0 Å². The van der Waals surface area contributed by atoms with Crippen LogP contribution in [0.3, 0.4) is 0 Å². The van der Waals surface area contributed by atoms with Gasteiger partial charge in [0.2, 0.25) is 16.0 Å². The average Bonchev–Trinajstić information content (AvgIpc) is 2.81. The molecule has 104 valence electrons. The minimum Gasteiger partial charge on any atom is -0.369 e. The first-order valence-electron chi connectivity index (χ1n) is 5.41. The third kappa shape index (κ3) is 3.49. The fourth-order valence-corrected chi connectivity index (χ4v) is 2.06. The second-order valence-electron chi connectivity index (χ2n) is 3.82. The van der Waals surface area contributed by atoms with Crippen LogP contribution >= 0.6 is 0 Å². The number of hydrogen-bond donors (Lipinski definition) is 5. The van der Waals surface area contributed by atoms with Crippen LogP contribution in [0.4, 0.5) is 11.8 Å². The van der Waals surface area contributed by atoms with Gasteiger partial charge in [-0.3, -0.25) is 10.5 Å². The number of nitrogens with two attached hydrogens (primary N) is 2. The van der Waals surface area contributed by atoms with Crippen molar-refractivity contribution in [3.63, 3.8) is 0 Å². The number of nitrogen functional groups attached to an aromatic ring is 1. The number of aromatic nitrogens is 4. The van der Waals surface area contributed by atoms with E-state index in [1.807, 2.05) is 0 Å². The van der Waals surface area contributed by atoms with E-state index in [9.17, 15) is 8.42 Å². The minimum atomic E-state index is -3.45. The predicted octanol–water partition coefficient (Wildman–Crippen LogP) is -1.27. The Hall–Kier alpha value is -1.98. The molecule has 0 aromatic carbocycles. The van der Waals surface area contributed by atoms with Crippen molar-refractivity contribution in [2.24, 2.45) is 11.0 Å². The van der Waals surface area contributed by atoms with Gasteiger partial charge in [0.15, 0.2) is 5.65 Å². The van der Waals surface area contributed by atoms with Gasteiger partial charge in [-0.05, 0) is 6.42 Å². The fourth-order valence-electron chi connectivity index (χ4n) is 1.51. The Bertz CT molecular complexity index is 666. The van der Waals surface area contributed by atoms with Crippen LogP contribution in [0.2, 0.25) is 0 Å². The first kappa shape index (κ1) is 13.5. The molecule has 10 nitrogen and oxygen atoms in total. The Labute approximate surface area is 109 Å². The Morgan fingerprint density at radius 3 is 2.84 bits per heavy atom. The number of hydrogen-bond acceptors (Lipinski definition) is 8. The van der Waals surface area contributed by atoms with E-state index in [0.29, 0.717) is 29.8 Å². The summed E-state index contributed by atoms with van der Waals surface area (Å²) in [4.78, 5) is 8.19. The first-order chi connectivity index (χ1) is 8.99. The van der Waals surface area contributed by atoms with Crippen LogP contribution in [0.15, 0.2) is 6.20 Å². The molecule has 19 heavy (non-hydrogen) atoms. The molecule has 0 bridgehead atoms. The predicted molar refractivity (Wildman–Crippen MR) is 70.6 cm³/mol. The number of H-pyrrole nitrogens is 1. The van der Waals surface area contributed by atoms with E-state index in [4.69, 9.17) is 11.0 Å². The number of anilines is 2. The summed E-state index contributed by atoms with van der Waals surface area (Å²) < 4.78 is 21.6. The topological polar surface area (TPSA) is 165 Å². The van der Waals surface area contributed by atoms with Crippen LogP contribution in [-0.4, -0.2) is 40.9 Å². The quantitative estimate of drug-likeness (QED) is 0.249. The van der Waals surface area contributed by atoms with Crippen molar-refractivity contribution in [1.82, 2.24) is 20.2 Å². The summed E-state index contributed by atoms with van der Waals surface area (Å²) in [6, 6.07) is 0. The summed E-state index contributed by atoms with van der Waals surface area (Å²) in [7, 11) is -3.45. The molecule has 2 aromatic rings. The number of sulfonamides is 1. The lowest BCUT2D eigenvalue weighted by Crippen LogP contribution is -2.19. The number of aromatic amines is 1. The Morgan fingerprint density at radius 2 is 2.16 bits per heavy atom. The molecule has 0 fully saturated rings. The number of rotatable bonds is 6. The average molecular weight is 286 g/mol. The highest BCUT2D eigenvalue weighted by atomic mass is 32.2. The van der Waals surface area contributed by atoms with Gasteiger partial charge in [0.05, 0.1) is 17.3 Å². The van der Waals surface area contributed by atoms with Gasteiger partial charge >= 0.3 is 0 Å². The van der Waals surface area contributed by atoms with E-state index in [-0.39, 0.29) is 11.7 Å². The van der Waals surface area contributed by atoms with Gasteiger partial charge in [0.1, 0.15) is 5.82 Å². The highest BCUT2D eigenvalue weighted by Gasteiger charge is 2.09. The second-order valence-corrected chi connectivity index (χ2v) is 5.55. The van der Waals surface area contributed by atoms with Gasteiger partial charge in [-0.1, -0.05) is 0 Å². The van der Waals surface area contributed by atoms with Gasteiger partial charge in [-0.15, -0.1) is 0 Å². The fraction of sp³-hybridized carbons (Fsp3) is 0.375. The number of hydrazine groups is 1. The first-order valence-corrected chi connectivity index (χ1v) is 7.13. The largest absolute Gasteiger partial charge is 0.369 e. The van der Waals surface area contributed by atoms with Crippen molar-refractivity contribution in [1.29, 1.82) is 0 Å². The van der Waals surface area contributed by atoms with Gasteiger partial charge in [-0.2, -0.15) is 15.1 Å². The molecule has 0 aliphatic carbocycles. The number of primary sulfonamides is 1. The molecule has 0 amide bonds. The lowest BCUT2D eigenvalue weighted by molar-refractivity contribution is 0.596. The maximum absolute atomic E-state index is 10.8. The molecule has 0 saturated heterocycles. The zero-order valence-electron chi connectivity index (χ0n) is 9.92. The monoisotopic (exact) mass is 286 g/mol. The Balaban J connectivity index is 2.09. The normalized spacial score (nSPS) is 11.7. The van der Waals surface area contributed by atoms with E-state index < -0.39 is 10.0 Å². The summed E-state index contributed by atoms with van der Waals surface area (Å²) in [6.45, 7) is 0.401. The van der Waals surface area contributed by atoms with Crippen molar-refractivity contribution in [3.05, 3.63) is 6.20 Å². The van der Waals surface area contributed by atoms with Gasteiger partial charge in [0, 0.05) is 6.54 Å². The number of fused-ring (bicyclic) bond motifs is 1. The zero-order chi connectivity index (χ0) is 13.9. The molecule has 11 heteroatoms. The summed E-state index contributed by atoms with van der Waals surface area (Å²) in [5, 5.41) is 15.1. The van der Waals surface area contributed by atoms with Crippen LogP contribution in [0, 0.1) is 0 Å². The SMILES string of the molecule is NNc1nc(NCCCS(N)(=O)=O)c2cn[nH]c2n1. The van der Waals surface area contributed by atoms with E-state index in [2.05, 4.69) is 30.9 Å². The lowest BCUT2D eigenvalue weighted by atomic mass is 10.4. The van der Waals surface area contributed by atoms with Crippen LogP contribution in [0.1, 0.15) is 6.42 Å². The smallest absolute Gasteiger partial charge is 0.241 e. The van der Waals surface area contributed by atoms with E-state index in [1.54, 1.807) is 6.20 Å². The van der Waals surface area contributed by atoms with Crippen molar-refractivity contribution in [2.45, 2.75) is 6.42 Å². The molecule has 7 N–H and O–H groups in total. The van der Waals surface area contributed by atoms with Crippen LogP contribution < -0.4 is 21.7 Å². The molecular weight excluding hydrogens is 272 g/mol. The summed E-state index contributed by atoms with van der Waals surface area (Å²) in [5.41, 5.74) is 2.86. The number of nitrogens with one attached hydrogen (secondary N) is 3. The highest BCUT2D eigenvalue weighted by Crippen LogP contribution is 2.19. The molecule has 0 unspecified atom stereocenters. The highest BCUT2D eigenvalue weighted by molar-refractivity contribution is 7.89. The van der Waals surface area contributed by atoms with Crippen LogP contribution in [-0.2, 0) is 10.0 Å². The molecule has 2 aromatic heterocycles. The molecule has 0 aliphatic rings. The zero-order valence-corrected chi connectivity index (χ0v) is 10.7. The molecule has 2 rings (SSSR count). The summed E-state index contributed by atoms with van der Waals surface area (Å²) in [6.07, 6.45) is 1.94. The molecule has 2 heterocycles. The molecule has 0 atom stereocenters. The van der Waals surface area contributed by atoms with Crippen molar-refractivity contribution >= 4 is 32.8 Å². The van der Waals surface area contributed by atoms with Gasteiger partial charge in [0.25, 0.3) is 0 Å². The maximum atomic E-state index is 10.8. The van der Waals surface area contributed by atoms with Crippen molar-refractivity contribution < 1.29 is 8.42 Å². The van der Waals surface area contributed by atoms with E-state index >= 15 is 0 Å².